The van der Waals surface area contributed by atoms with Crippen molar-refractivity contribution in [3.63, 3.8) is 0 Å². The minimum absolute atomic E-state index is 0.635. The average molecular weight is 680 g/mol. The lowest BCUT2D eigenvalue weighted by molar-refractivity contribution is 0.632. The second-order valence-corrected chi connectivity index (χ2v) is 12.9. The average Bonchev–Trinajstić information content (AvgIpc) is 3.65. The summed E-state index contributed by atoms with van der Waals surface area (Å²) in [7, 11) is 0. The van der Waals surface area contributed by atoms with Crippen LogP contribution >= 0.6 is 0 Å². The molecule has 0 aliphatic heterocycles. The monoisotopic (exact) mass is 679 g/mol. The molecule has 0 aliphatic carbocycles. The van der Waals surface area contributed by atoms with Gasteiger partial charge in [-0.15, -0.1) is 0 Å². The van der Waals surface area contributed by atoms with Crippen molar-refractivity contribution in [1.82, 2.24) is 24.9 Å². The van der Waals surface area contributed by atoms with E-state index < -0.39 is 0 Å². The smallest absolute Gasteiger partial charge is 0.163 e. The molecule has 0 bridgehead atoms. The zero-order chi connectivity index (χ0) is 35.1. The molecule has 0 saturated heterocycles. The van der Waals surface area contributed by atoms with Gasteiger partial charge in [-0.3, -0.25) is 9.97 Å². The summed E-state index contributed by atoms with van der Waals surface area (Å²) in [5.41, 5.74) is 11.6. The van der Waals surface area contributed by atoms with Crippen molar-refractivity contribution in [2.24, 2.45) is 0 Å². The zero-order valence-electron chi connectivity index (χ0n) is 28.4. The van der Waals surface area contributed by atoms with E-state index in [9.17, 15) is 0 Å². The fourth-order valence-corrected chi connectivity index (χ4v) is 7.11. The van der Waals surface area contributed by atoms with Gasteiger partial charge in [0.1, 0.15) is 11.3 Å². The first-order valence-corrected chi connectivity index (χ1v) is 17.5. The van der Waals surface area contributed by atoms with Crippen LogP contribution in [0.3, 0.4) is 0 Å². The number of furan rings is 1. The molecule has 53 heavy (non-hydrogen) atoms. The van der Waals surface area contributed by atoms with Gasteiger partial charge in [0.25, 0.3) is 0 Å². The molecule has 10 rings (SSSR count). The highest BCUT2D eigenvalue weighted by molar-refractivity contribution is 6.16. The van der Waals surface area contributed by atoms with Gasteiger partial charge in [0.15, 0.2) is 11.6 Å². The summed E-state index contributed by atoms with van der Waals surface area (Å²) in [6, 6.07) is 55.3. The lowest BCUT2D eigenvalue weighted by Gasteiger charge is -2.12. The Kier molecular flexibility index (Phi) is 7.36. The van der Waals surface area contributed by atoms with Gasteiger partial charge in [-0.2, -0.15) is 0 Å². The van der Waals surface area contributed by atoms with Crippen molar-refractivity contribution in [3.8, 4) is 67.7 Å². The van der Waals surface area contributed by atoms with Gasteiger partial charge in [0.2, 0.25) is 0 Å². The fraction of sp³-hybridized carbons (Fsp3) is 0. The summed E-state index contributed by atoms with van der Waals surface area (Å²) in [4.78, 5) is 25.1. The number of fused-ring (bicyclic) bond motifs is 4. The van der Waals surface area contributed by atoms with Crippen molar-refractivity contribution in [1.29, 1.82) is 0 Å². The maximum atomic E-state index is 6.81. The molecule has 5 aromatic heterocycles. The van der Waals surface area contributed by atoms with Gasteiger partial charge < -0.3 is 4.42 Å². The van der Waals surface area contributed by atoms with Crippen molar-refractivity contribution in [3.05, 3.63) is 176 Å². The van der Waals surface area contributed by atoms with E-state index >= 15 is 0 Å². The summed E-state index contributed by atoms with van der Waals surface area (Å²) in [5.74, 6) is 1.28. The van der Waals surface area contributed by atoms with Gasteiger partial charge in [-0.25, -0.2) is 15.0 Å². The Labute approximate surface area is 305 Å². The van der Waals surface area contributed by atoms with Crippen LogP contribution in [0.4, 0.5) is 0 Å². The first-order chi connectivity index (χ1) is 26.3. The third-order valence-electron chi connectivity index (χ3n) is 9.61. The Morgan fingerprint density at radius 2 is 1.00 bits per heavy atom. The first-order valence-electron chi connectivity index (χ1n) is 17.5. The molecule has 0 radical (unpaired) electrons. The number of aromatic nitrogens is 5. The van der Waals surface area contributed by atoms with E-state index in [1.807, 2.05) is 84.9 Å². The lowest BCUT2D eigenvalue weighted by Crippen LogP contribution is -1.96. The van der Waals surface area contributed by atoms with E-state index in [1.165, 1.54) is 5.56 Å². The van der Waals surface area contributed by atoms with Crippen LogP contribution in [-0.4, -0.2) is 24.9 Å². The van der Waals surface area contributed by atoms with Gasteiger partial charge in [0, 0.05) is 39.9 Å². The molecule has 248 valence electrons. The number of para-hydroxylation sites is 2. The highest BCUT2D eigenvalue weighted by Gasteiger charge is 2.25. The van der Waals surface area contributed by atoms with Crippen molar-refractivity contribution < 1.29 is 4.42 Å². The number of hydrogen-bond acceptors (Lipinski definition) is 6. The molecule has 0 N–H and O–H groups in total. The maximum Gasteiger partial charge on any atom is 0.163 e. The first kappa shape index (κ1) is 30.5. The molecule has 0 spiro atoms. The van der Waals surface area contributed by atoms with E-state index in [1.54, 1.807) is 12.4 Å². The molecule has 0 amide bonds. The summed E-state index contributed by atoms with van der Waals surface area (Å²) < 4.78 is 6.81. The molecular formula is C47H29N5O. The normalized spacial score (nSPS) is 11.4. The third-order valence-corrected chi connectivity index (χ3v) is 9.61. The summed E-state index contributed by atoms with van der Waals surface area (Å²) in [5, 5.41) is 2.79. The van der Waals surface area contributed by atoms with Crippen LogP contribution in [0.2, 0.25) is 0 Å². The highest BCUT2D eigenvalue weighted by atomic mass is 16.3. The van der Waals surface area contributed by atoms with Crippen LogP contribution < -0.4 is 0 Å². The predicted molar refractivity (Wildman–Crippen MR) is 213 cm³/mol. The summed E-state index contributed by atoms with van der Waals surface area (Å²) in [6.07, 6.45) is 3.58. The number of benzene rings is 5. The topological polar surface area (TPSA) is 77.6 Å². The van der Waals surface area contributed by atoms with Crippen LogP contribution in [-0.2, 0) is 0 Å². The number of nitrogens with zero attached hydrogens (tertiary/aromatic N) is 5. The molecule has 5 aromatic carbocycles. The quantitative estimate of drug-likeness (QED) is 0.174. The van der Waals surface area contributed by atoms with E-state index in [2.05, 4.69) is 83.8 Å². The molecule has 6 nitrogen and oxygen atoms in total. The molecule has 0 unspecified atom stereocenters. The second-order valence-electron chi connectivity index (χ2n) is 12.9. The lowest BCUT2D eigenvalue weighted by atomic mass is 9.97. The largest absolute Gasteiger partial charge is 0.453 e. The number of rotatable bonds is 6. The molecule has 6 heteroatoms. The summed E-state index contributed by atoms with van der Waals surface area (Å²) in [6.45, 7) is 0. The van der Waals surface area contributed by atoms with Gasteiger partial charge in [-0.1, -0.05) is 115 Å². The Balaban J connectivity index is 1.17. The van der Waals surface area contributed by atoms with Crippen LogP contribution in [0.25, 0.3) is 101 Å². The van der Waals surface area contributed by atoms with Crippen LogP contribution in [0.15, 0.2) is 181 Å². The Morgan fingerprint density at radius 3 is 1.75 bits per heavy atom. The van der Waals surface area contributed by atoms with Crippen molar-refractivity contribution in [2.45, 2.75) is 0 Å². The minimum Gasteiger partial charge on any atom is -0.453 e. The Hall–Kier alpha value is -7.31. The molecule has 0 aliphatic rings. The Morgan fingerprint density at radius 1 is 0.396 bits per heavy atom. The highest BCUT2D eigenvalue weighted by Crippen LogP contribution is 2.46. The summed E-state index contributed by atoms with van der Waals surface area (Å²) >= 11 is 0. The number of pyridine rings is 3. The minimum atomic E-state index is 0.635. The SMILES string of the molecule is c1ccc(-c2ccc(-c3nc(-c4cccc(-c5nc6ccccc6c6oc(-c7ccccn7)c(-c7ccccn7)c56)c4)nc4ccccc34)cc2)cc1. The van der Waals surface area contributed by atoms with E-state index in [-0.39, 0.29) is 0 Å². The molecular weight excluding hydrogens is 651 g/mol. The molecule has 0 atom stereocenters. The Bertz CT molecular complexity index is 2930. The standard InChI is InChI=1S/C47H29N5O/c1-2-13-30(14-3-1)31-23-25-32(26-24-31)43-35-17-4-6-19-37(35)51-47(52-43)34-16-12-15-33(29-34)44-42-41(39-21-8-10-27-48-39)46(40-22-9-11-28-49-40)53-45(42)36-18-5-7-20-38(36)50-44/h1-29H. The van der Waals surface area contributed by atoms with Crippen LogP contribution in [0, 0.1) is 0 Å². The third kappa shape index (κ3) is 5.41. The van der Waals surface area contributed by atoms with E-state index in [0.717, 1.165) is 83.4 Å². The number of hydrogen-bond donors (Lipinski definition) is 0. The second kappa shape index (κ2) is 12.8. The van der Waals surface area contributed by atoms with Crippen molar-refractivity contribution >= 4 is 32.8 Å². The van der Waals surface area contributed by atoms with Crippen LogP contribution in [0.5, 0.6) is 0 Å². The maximum absolute atomic E-state index is 6.81. The predicted octanol–water partition coefficient (Wildman–Crippen LogP) is 11.7. The van der Waals surface area contributed by atoms with Crippen LogP contribution in [0.1, 0.15) is 0 Å². The molecule has 5 heterocycles. The van der Waals surface area contributed by atoms with Crippen molar-refractivity contribution in [2.75, 3.05) is 0 Å². The van der Waals surface area contributed by atoms with Gasteiger partial charge in [-0.05, 0) is 59.7 Å². The van der Waals surface area contributed by atoms with E-state index in [4.69, 9.17) is 24.4 Å². The fourth-order valence-electron chi connectivity index (χ4n) is 7.11. The molecule has 0 fully saturated rings. The van der Waals surface area contributed by atoms with Gasteiger partial charge in [0.05, 0.1) is 39.1 Å². The van der Waals surface area contributed by atoms with E-state index in [0.29, 0.717) is 11.6 Å². The molecule has 0 saturated carbocycles. The molecule has 10 aromatic rings. The zero-order valence-corrected chi connectivity index (χ0v) is 28.4. The van der Waals surface area contributed by atoms with Gasteiger partial charge >= 0.3 is 0 Å².